The molecule has 7 rings (SSSR count). The highest BCUT2D eigenvalue weighted by Crippen LogP contribution is 2.48. The molecule has 180 valence electrons. The maximum Gasteiger partial charge on any atom is 0.242 e. The fraction of sp³-hybridized carbons (Fsp3) is 0.583. The van der Waals surface area contributed by atoms with Crippen molar-refractivity contribution in [1.29, 1.82) is 5.26 Å². The van der Waals surface area contributed by atoms with Gasteiger partial charge in [-0.15, -0.1) is 5.10 Å². The first kappa shape index (κ1) is 21.0. The summed E-state index contributed by atoms with van der Waals surface area (Å²) in [6, 6.07) is 7.61. The van der Waals surface area contributed by atoms with Crippen molar-refractivity contribution in [3.63, 3.8) is 0 Å². The summed E-state index contributed by atoms with van der Waals surface area (Å²) in [6.07, 6.45) is 4.35. The van der Waals surface area contributed by atoms with Crippen LogP contribution >= 0.6 is 0 Å². The number of nitrogens with two attached hydrogens (primary N) is 1. The fourth-order valence-electron chi connectivity index (χ4n) is 7.02. The summed E-state index contributed by atoms with van der Waals surface area (Å²) in [5.74, 6) is 1.10. The van der Waals surface area contributed by atoms with Crippen molar-refractivity contribution in [2.45, 2.75) is 68.4 Å². The number of aromatic nitrogens is 4. The number of likely N-dealkylation sites (tertiary alicyclic amines) is 3. The van der Waals surface area contributed by atoms with Gasteiger partial charge in [-0.05, 0) is 65.6 Å². The first-order chi connectivity index (χ1) is 17.0. The first-order valence-corrected chi connectivity index (χ1v) is 12.4. The Morgan fingerprint density at radius 2 is 2.17 bits per heavy atom. The van der Waals surface area contributed by atoms with Gasteiger partial charge < -0.3 is 15.5 Å². The van der Waals surface area contributed by atoms with Crippen molar-refractivity contribution in [2.24, 2.45) is 11.7 Å². The molecule has 7 atom stereocenters. The third-order valence-corrected chi connectivity index (χ3v) is 8.71. The molecule has 3 saturated heterocycles. The highest BCUT2D eigenvalue weighted by Gasteiger charge is 2.56. The van der Waals surface area contributed by atoms with E-state index in [2.05, 4.69) is 48.6 Å². The van der Waals surface area contributed by atoms with Gasteiger partial charge in [-0.2, -0.15) is 5.26 Å². The molecule has 0 radical (unpaired) electrons. The number of piperazine rings is 1. The van der Waals surface area contributed by atoms with Gasteiger partial charge in [0, 0.05) is 30.7 Å². The van der Waals surface area contributed by atoms with Gasteiger partial charge in [0.25, 0.3) is 0 Å². The number of hydrogen-bond donors (Lipinski definition) is 2. The van der Waals surface area contributed by atoms with Crippen molar-refractivity contribution >= 4 is 11.8 Å². The van der Waals surface area contributed by atoms with Crippen LogP contribution in [0.1, 0.15) is 42.9 Å². The summed E-state index contributed by atoms with van der Waals surface area (Å²) in [5.41, 5.74) is 9.73. The Balaban J connectivity index is 1.03. The molecule has 1 saturated carbocycles. The average molecular weight is 474 g/mol. The lowest BCUT2D eigenvalue weighted by atomic mass is 10.0. The van der Waals surface area contributed by atoms with Crippen molar-refractivity contribution in [3.05, 3.63) is 29.3 Å². The molecule has 2 aliphatic carbocycles. The fourth-order valence-corrected chi connectivity index (χ4v) is 7.02. The number of aryl methyl sites for hydroxylation is 1. The average Bonchev–Trinajstić information content (AvgIpc) is 3.43. The first-order valence-electron chi connectivity index (χ1n) is 12.4. The van der Waals surface area contributed by atoms with E-state index in [1.165, 1.54) is 11.1 Å². The molecule has 3 N–H and O–H groups in total. The lowest BCUT2D eigenvalue weighted by molar-refractivity contribution is -0.141. The van der Waals surface area contributed by atoms with Crippen LogP contribution in [0.25, 0.3) is 11.4 Å². The molecule has 3 aliphatic heterocycles. The number of nitrogens with zero attached hydrogens (tertiary/aromatic N) is 7. The molecule has 35 heavy (non-hydrogen) atoms. The zero-order valence-electron chi connectivity index (χ0n) is 19.2. The van der Waals surface area contributed by atoms with Crippen molar-refractivity contribution in [1.82, 2.24) is 35.3 Å². The number of nitriles is 1. The Morgan fingerprint density at radius 3 is 2.94 bits per heavy atom. The van der Waals surface area contributed by atoms with Crippen LogP contribution < -0.4 is 5.73 Å². The molecule has 4 fully saturated rings. The van der Waals surface area contributed by atoms with Crippen LogP contribution in [0.2, 0.25) is 0 Å². The quantitative estimate of drug-likeness (QED) is 0.616. The van der Waals surface area contributed by atoms with E-state index in [0.717, 1.165) is 44.2 Å². The number of tetrazole rings is 1. The number of benzene rings is 1. The second-order valence-corrected chi connectivity index (χ2v) is 10.6. The number of fused-ring (bicyclic) bond motifs is 4. The lowest BCUT2D eigenvalue weighted by Crippen LogP contribution is -2.57. The van der Waals surface area contributed by atoms with Crippen molar-refractivity contribution < 1.29 is 9.59 Å². The maximum atomic E-state index is 13.5. The van der Waals surface area contributed by atoms with Crippen LogP contribution in [-0.2, 0) is 16.0 Å². The molecule has 11 nitrogen and oxygen atoms in total. The van der Waals surface area contributed by atoms with Crippen LogP contribution in [0.4, 0.5) is 0 Å². The van der Waals surface area contributed by atoms with Crippen LogP contribution in [0.15, 0.2) is 18.2 Å². The van der Waals surface area contributed by atoms with Gasteiger partial charge in [0.2, 0.25) is 11.8 Å². The van der Waals surface area contributed by atoms with Crippen LogP contribution in [0, 0.1) is 17.2 Å². The summed E-state index contributed by atoms with van der Waals surface area (Å²) < 4.78 is 0. The number of rotatable bonds is 5. The van der Waals surface area contributed by atoms with E-state index in [1.807, 2.05) is 6.07 Å². The van der Waals surface area contributed by atoms with E-state index in [9.17, 15) is 14.9 Å². The highest BCUT2D eigenvalue weighted by atomic mass is 16.2. The van der Waals surface area contributed by atoms with Crippen LogP contribution in [0.5, 0.6) is 0 Å². The monoisotopic (exact) mass is 473 g/mol. The molecule has 1 aromatic carbocycles. The predicted molar refractivity (Wildman–Crippen MR) is 122 cm³/mol. The third-order valence-electron chi connectivity index (χ3n) is 8.71. The second-order valence-electron chi connectivity index (χ2n) is 10.6. The van der Waals surface area contributed by atoms with E-state index < -0.39 is 6.04 Å². The highest BCUT2D eigenvalue weighted by molar-refractivity contribution is 5.87. The Labute approximate surface area is 202 Å². The van der Waals surface area contributed by atoms with E-state index >= 15 is 0 Å². The third kappa shape index (κ3) is 3.13. The number of carbonyl (C=O) groups is 2. The molecule has 11 heteroatoms. The van der Waals surface area contributed by atoms with Gasteiger partial charge in [0.15, 0.2) is 5.82 Å². The summed E-state index contributed by atoms with van der Waals surface area (Å²) >= 11 is 0. The van der Waals surface area contributed by atoms with E-state index in [4.69, 9.17) is 5.73 Å². The van der Waals surface area contributed by atoms with Gasteiger partial charge in [0.05, 0.1) is 24.2 Å². The van der Waals surface area contributed by atoms with Gasteiger partial charge in [-0.25, -0.2) is 5.10 Å². The Kier molecular flexibility index (Phi) is 4.53. The van der Waals surface area contributed by atoms with E-state index in [-0.39, 0.29) is 42.0 Å². The summed E-state index contributed by atoms with van der Waals surface area (Å²) in [7, 11) is 0. The largest absolute Gasteiger partial charge is 0.330 e. The van der Waals surface area contributed by atoms with Gasteiger partial charge >= 0.3 is 0 Å². The Bertz CT molecular complexity index is 1240. The van der Waals surface area contributed by atoms with Crippen LogP contribution in [-0.4, -0.2) is 90.4 Å². The molecular weight excluding hydrogens is 446 g/mol. The zero-order chi connectivity index (χ0) is 23.8. The summed E-state index contributed by atoms with van der Waals surface area (Å²) in [5, 5.41) is 23.5. The van der Waals surface area contributed by atoms with E-state index in [1.54, 1.807) is 4.90 Å². The molecule has 5 aliphatic rings. The SMILES string of the molecule is N#CC1C[C@@H]2C[C@@H]2N1C(=O)C(N)CN1CC2C[C@H]1C(=O)N2[C@H]1CCc2cc(-c3nnn[nH]3)ccc21. The molecule has 0 spiro atoms. The molecule has 3 unspecified atom stereocenters. The summed E-state index contributed by atoms with van der Waals surface area (Å²) in [4.78, 5) is 32.4. The number of amides is 2. The number of carbonyl (C=O) groups excluding carboxylic acids is 2. The Morgan fingerprint density at radius 1 is 1.29 bits per heavy atom. The minimum absolute atomic E-state index is 0.0830. The number of H-pyrrole nitrogens is 1. The molecule has 4 heterocycles. The minimum atomic E-state index is -0.706. The van der Waals surface area contributed by atoms with Crippen molar-refractivity contribution in [3.8, 4) is 17.5 Å². The number of piperidine rings is 1. The second kappa shape index (κ2) is 7.57. The minimum Gasteiger partial charge on any atom is -0.330 e. The predicted octanol–water partition coefficient (Wildman–Crippen LogP) is -0.0206. The van der Waals surface area contributed by atoms with Gasteiger partial charge in [-0.1, -0.05) is 12.1 Å². The van der Waals surface area contributed by atoms with E-state index in [0.29, 0.717) is 18.3 Å². The topological polar surface area (TPSA) is 148 Å². The number of aromatic amines is 1. The number of nitrogens with one attached hydrogen (secondary N) is 1. The van der Waals surface area contributed by atoms with Gasteiger partial charge in [-0.3, -0.25) is 14.5 Å². The smallest absolute Gasteiger partial charge is 0.242 e. The molecule has 1 aromatic heterocycles. The molecule has 2 aromatic rings. The van der Waals surface area contributed by atoms with Crippen molar-refractivity contribution in [2.75, 3.05) is 13.1 Å². The maximum absolute atomic E-state index is 13.5. The van der Waals surface area contributed by atoms with Crippen LogP contribution in [0.3, 0.4) is 0 Å². The molecule has 2 bridgehead atoms. The standard InChI is InChI=1S/C24H27N9O2/c25-9-15-6-14-7-20(14)32(15)23(34)18(26)11-31-10-16-8-21(31)24(35)33(16)19-4-2-12-5-13(1-3-17(12)19)22-27-29-30-28-22/h1,3,5,14-16,18-21H,2,4,6-8,10-11,26H2,(H,27,28,29,30)/t14-,15?,16?,18?,19+,20+,21+/m1/s1. The normalized spacial score (nSPS) is 33.7. The van der Waals surface area contributed by atoms with Gasteiger partial charge in [0.1, 0.15) is 6.04 Å². The Hall–Kier alpha value is -3.36. The number of hydrogen-bond acceptors (Lipinski definition) is 8. The lowest BCUT2D eigenvalue weighted by Gasteiger charge is -2.38. The molecule has 2 amide bonds. The summed E-state index contributed by atoms with van der Waals surface area (Å²) in [6.45, 7) is 1.10. The zero-order valence-corrected chi connectivity index (χ0v) is 19.2. The molecular formula is C24H27N9O2.